The topological polar surface area (TPSA) is 58.2 Å². The van der Waals surface area contributed by atoms with Crippen LogP contribution in [0.5, 0.6) is 0 Å². The quantitative estimate of drug-likeness (QED) is 0.843. The lowest BCUT2D eigenvalue weighted by atomic mass is 10.0. The maximum atomic E-state index is 12.0. The summed E-state index contributed by atoms with van der Waals surface area (Å²) in [5, 5.41) is 5.28. The average Bonchev–Trinajstić information content (AvgIpc) is 2.51. The molecule has 2 amide bonds. The van der Waals surface area contributed by atoms with Crippen LogP contribution in [-0.2, 0) is 16.1 Å². The molecule has 0 aliphatic heterocycles. The second kappa shape index (κ2) is 7.77. The van der Waals surface area contributed by atoms with Crippen molar-refractivity contribution >= 4 is 17.5 Å². The molecule has 24 heavy (non-hydrogen) atoms. The molecule has 0 atom stereocenters. The van der Waals surface area contributed by atoms with Gasteiger partial charge in [0.2, 0.25) is 0 Å². The van der Waals surface area contributed by atoms with Crippen LogP contribution < -0.4 is 10.6 Å². The van der Waals surface area contributed by atoms with Crippen molar-refractivity contribution in [2.24, 2.45) is 0 Å². The first-order chi connectivity index (χ1) is 11.3. The van der Waals surface area contributed by atoms with Crippen molar-refractivity contribution in [1.82, 2.24) is 5.32 Å². The number of hydrogen-bond acceptors (Lipinski definition) is 2. The van der Waals surface area contributed by atoms with Crippen LogP contribution in [0.15, 0.2) is 42.5 Å². The highest BCUT2D eigenvalue weighted by atomic mass is 16.2. The zero-order valence-corrected chi connectivity index (χ0v) is 14.6. The summed E-state index contributed by atoms with van der Waals surface area (Å²) >= 11 is 0. The third-order valence-corrected chi connectivity index (χ3v) is 3.79. The monoisotopic (exact) mass is 324 g/mol. The highest BCUT2D eigenvalue weighted by Crippen LogP contribution is 2.15. The molecule has 0 radical (unpaired) electrons. The van der Waals surface area contributed by atoms with Crippen molar-refractivity contribution in [3.8, 4) is 0 Å². The molecule has 0 aromatic heterocycles. The molecule has 0 fully saturated rings. The van der Waals surface area contributed by atoms with E-state index < -0.39 is 11.8 Å². The van der Waals surface area contributed by atoms with Crippen LogP contribution in [-0.4, -0.2) is 11.8 Å². The number of rotatable bonds is 4. The minimum Gasteiger partial charge on any atom is -0.344 e. The van der Waals surface area contributed by atoms with Gasteiger partial charge in [0.15, 0.2) is 0 Å². The Hall–Kier alpha value is -2.62. The first-order valence-electron chi connectivity index (χ1n) is 8.11. The van der Waals surface area contributed by atoms with Gasteiger partial charge in [-0.1, -0.05) is 44.2 Å². The van der Waals surface area contributed by atoms with E-state index in [0.29, 0.717) is 18.2 Å². The normalized spacial score (nSPS) is 10.5. The molecule has 0 aliphatic rings. The lowest BCUT2D eigenvalue weighted by Crippen LogP contribution is -2.35. The number of nitrogens with one attached hydrogen (secondary N) is 2. The zero-order valence-electron chi connectivity index (χ0n) is 14.6. The van der Waals surface area contributed by atoms with Crippen LogP contribution in [0, 0.1) is 13.8 Å². The van der Waals surface area contributed by atoms with Crippen LogP contribution in [0.2, 0.25) is 0 Å². The number of amides is 2. The van der Waals surface area contributed by atoms with Gasteiger partial charge in [-0.2, -0.15) is 0 Å². The summed E-state index contributed by atoms with van der Waals surface area (Å²) in [6.45, 7) is 8.49. The second-order valence-corrected chi connectivity index (χ2v) is 6.41. The van der Waals surface area contributed by atoms with Gasteiger partial charge in [0.05, 0.1) is 0 Å². The molecule has 4 nitrogen and oxygen atoms in total. The average molecular weight is 324 g/mol. The van der Waals surface area contributed by atoms with Crippen molar-refractivity contribution in [2.45, 2.75) is 40.2 Å². The molecule has 0 unspecified atom stereocenters. The van der Waals surface area contributed by atoms with E-state index in [-0.39, 0.29) is 0 Å². The predicted octanol–water partition coefficient (Wildman–Crippen LogP) is 3.68. The Balaban J connectivity index is 1.90. The minimum absolute atomic E-state index is 0.331. The number of anilines is 1. The lowest BCUT2D eigenvalue weighted by molar-refractivity contribution is -0.136. The SMILES string of the molecule is Cc1cc(C)cc(NC(=O)C(=O)NCc2ccc(C(C)C)cc2)c1. The number of hydrogen-bond donors (Lipinski definition) is 2. The number of aryl methyl sites for hydroxylation is 2. The van der Waals surface area contributed by atoms with Gasteiger partial charge in [-0.25, -0.2) is 0 Å². The Kier molecular flexibility index (Phi) is 5.74. The zero-order chi connectivity index (χ0) is 17.7. The van der Waals surface area contributed by atoms with Crippen LogP contribution in [0.1, 0.15) is 42.0 Å². The highest BCUT2D eigenvalue weighted by Gasteiger charge is 2.13. The molecule has 2 N–H and O–H groups in total. The van der Waals surface area contributed by atoms with E-state index in [4.69, 9.17) is 0 Å². The Morgan fingerprint density at radius 3 is 2.04 bits per heavy atom. The molecule has 0 saturated heterocycles. The van der Waals surface area contributed by atoms with Gasteiger partial charge < -0.3 is 10.6 Å². The summed E-state index contributed by atoms with van der Waals surface area (Å²) in [5.41, 5.74) is 4.92. The van der Waals surface area contributed by atoms with Crippen LogP contribution >= 0.6 is 0 Å². The molecule has 0 aliphatic carbocycles. The number of carbonyl (C=O) groups is 2. The summed E-state index contributed by atoms with van der Waals surface area (Å²) < 4.78 is 0. The fraction of sp³-hybridized carbons (Fsp3) is 0.300. The van der Waals surface area contributed by atoms with Crippen LogP contribution in [0.25, 0.3) is 0 Å². The molecule has 2 aromatic rings. The molecule has 2 aromatic carbocycles. The van der Waals surface area contributed by atoms with Gasteiger partial charge in [-0.3, -0.25) is 9.59 Å². The summed E-state index contributed by atoms with van der Waals surface area (Å²) in [6.07, 6.45) is 0. The van der Waals surface area contributed by atoms with E-state index in [0.717, 1.165) is 16.7 Å². The number of carbonyl (C=O) groups excluding carboxylic acids is 2. The van der Waals surface area contributed by atoms with Crippen molar-refractivity contribution in [3.05, 3.63) is 64.7 Å². The minimum atomic E-state index is -0.654. The maximum Gasteiger partial charge on any atom is 0.313 e. The van der Waals surface area contributed by atoms with E-state index in [1.165, 1.54) is 5.56 Å². The van der Waals surface area contributed by atoms with E-state index in [2.05, 4.69) is 24.5 Å². The fourth-order valence-corrected chi connectivity index (χ4v) is 2.52. The van der Waals surface area contributed by atoms with Gasteiger partial charge in [-0.05, 0) is 54.2 Å². The molecular weight excluding hydrogens is 300 g/mol. The van der Waals surface area contributed by atoms with Gasteiger partial charge in [-0.15, -0.1) is 0 Å². The van der Waals surface area contributed by atoms with E-state index >= 15 is 0 Å². The van der Waals surface area contributed by atoms with Crippen molar-refractivity contribution in [2.75, 3.05) is 5.32 Å². The molecule has 4 heteroatoms. The summed E-state index contributed by atoms with van der Waals surface area (Å²) in [4.78, 5) is 23.9. The van der Waals surface area contributed by atoms with Gasteiger partial charge >= 0.3 is 11.8 Å². The fourth-order valence-electron chi connectivity index (χ4n) is 2.52. The molecule has 2 rings (SSSR count). The first kappa shape index (κ1) is 17.7. The van der Waals surface area contributed by atoms with Crippen molar-refractivity contribution in [1.29, 1.82) is 0 Å². The van der Waals surface area contributed by atoms with Crippen molar-refractivity contribution < 1.29 is 9.59 Å². The Morgan fingerprint density at radius 1 is 0.917 bits per heavy atom. The molecule has 0 spiro atoms. The predicted molar refractivity (Wildman–Crippen MR) is 96.9 cm³/mol. The molecular formula is C20H24N2O2. The second-order valence-electron chi connectivity index (χ2n) is 6.41. The largest absolute Gasteiger partial charge is 0.344 e. The maximum absolute atomic E-state index is 12.0. The van der Waals surface area contributed by atoms with Gasteiger partial charge in [0, 0.05) is 12.2 Å². The van der Waals surface area contributed by atoms with Crippen molar-refractivity contribution in [3.63, 3.8) is 0 Å². The van der Waals surface area contributed by atoms with E-state index in [1.54, 1.807) is 0 Å². The Labute approximate surface area is 143 Å². The molecule has 126 valence electrons. The lowest BCUT2D eigenvalue weighted by Gasteiger charge is -2.09. The first-order valence-corrected chi connectivity index (χ1v) is 8.11. The molecule has 0 bridgehead atoms. The molecule has 0 heterocycles. The van der Waals surface area contributed by atoms with E-state index in [9.17, 15) is 9.59 Å². The van der Waals surface area contributed by atoms with Gasteiger partial charge in [0.1, 0.15) is 0 Å². The summed E-state index contributed by atoms with van der Waals surface area (Å²) in [6, 6.07) is 13.7. The third kappa shape index (κ3) is 4.95. The Morgan fingerprint density at radius 2 is 1.50 bits per heavy atom. The smallest absolute Gasteiger partial charge is 0.313 e. The van der Waals surface area contributed by atoms with Gasteiger partial charge in [0.25, 0.3) is 0 Å². The Bertz CT molecular complexity index is 714. The summed E-state index contributed by atoms with van der Waals surface area (Å²) in [7, 11) is 0. The van der Waals surface area contributed by atoms with Crippen LogP contribution in [0.3, 0.4) is 0 Å². The third-order valence-electron chi connectivity index (χ3n) is 3.79. The van der Waals surface area contributed by atoms with Crippen LogP contribution in [0.4, 0.5) is 5.69 Å². The van der Waals surface area contributed by atoms with E-state index in [1.807, 2.05) is 56.3 Å². The molecule has 0 saturated carbocycles. The standard InChI is InChI=1S/C20H24N2O2/c1-13(2)17-7-5-16(6-8-17)12-21-19(23)20(24)22-18-10-14(3)9-15(4)11-18/h5-11,13H,12H2,1-4H3,(H,21,23)(H,22,24). The number of benzene rings is 2. The summed E-state index contributed by atoms with van der Waals surface area (Å²) in [5.74, 6) is -0.821. The highest BCUT2D eigenvalue weighted by molar-refractivity contribution is 6.39.